The number of nitrogen functional groups attached to an aromatic ring is 1. The average Bonchev–Trinajstić information content (AvgIpc) is 2.46. The topological polar surface area (TPSA) is 76.4 Å². The van der Waals surface area contributed by atoms with Crippen molar-refractivity contribution in [2.75, 3.05) is 17.8 Å². The largest absolute Gasteiger partial charge is 0.473 e. The molecule has 116 valence electrons. The predicted octanol–water partition coefficient (Wildman–Crippen LogP) is 3.35. The van der Waals surface area contributed by atoms with Crippen molar-refractivity contribution in [2.45, 2.75) is 20.8 Å². The zero-order valence-electron chi connectivity index (χ0n) is 13.1. The maximum atomic E-state index is 11.8. The van der Waals surface area contributed by atoms with Crippen molar-refractivity contribution in [3.05, 3.63) is 53.1 Å². The minimum Gasteiger partial charge on any atom is -0.473 e. The summed E-state index contributed by atoms with van der Waals surface area (Å²) >= 11 is 0. The molecule has 0 aliphatic rings. The summed E-state index contributed by atoms with van der Waals surface area (Å²) < 4.78 is 5.50. The van der Waals surface area contributed by atoms with Crippen LogP contribution in [0.3, 0.4) is 0 Å². The highest BCUT2D eigenvalue weighted by Crippen LogP contribution is 2.19. The highest BCUT2D eigenvalue weighted by Gasteiger charge is 2.05. The molecule has 2 aromatic rings. The van der Waals surface area contributed by atoms with Gasteiger partial charge in [-0.1, -0.05) is 12.1 Å². The Morgan fingerprint density at radius 3 is 2.55 bits per heavy atom. The molecule has 0 aliphatic carbocycles. The third-order valence-electron chi connectivity index (χ3n) is 3.41. The summed E-state index contributed by atoms with van der Waals surface area (Å²) in [4.78, 5) is 11.8. The molecule has 2 aromatic carbocycles. The van der Waals surface area contributed by atoms with E-state index in [2.05, 4.69) is 10.6 Å². The standard InChI is InChI=1S/C17H21N3O2/c1-11-4-7-16(15(18)8-11)20-17(21)19-10-22-14-6-5-12(2)13(3)9-14/h4-9H,10,18H2,1-3H3,(H2,19,20,21). The van der Waals surface area contributed by atoms with Crippen LogP contribution in [-0.4, -0.2) is 12.8 Å². The van der Waals surface area contributed by atoms with Gasteiger partial charge in [0.25, 0.3) is 0 Å². The van der Waals surface area contributed by atoms with Crippen LogP contribution in [-0.2, 0) is 0 Å². The van der Waals surface area contributed by atoms with Gasteiger partial charge in [-0.05, 0) is 61.7 Å². The molecule has 5 nitrogen and oxygen atoms in total. The van der Waals surface area contributed by atoms with Gasteiger partial charge in [0.2, 0.25) is 0 Å². The van der Waals surface area contributed by atoms with Crippen molar-refractivity contribution in [1.82, 2.24) is 5.32 Å². The number of carbonyl (C=O) groups excluding carboxylic acids is 1. The maximum absolute atomic E-state index is 11.8. The van der Waals surface area contributed by atoms with E-state index in [0.717, 1.165) is 16.9 Å². The molecule has 0 spiro atoms. The van der Waals surface area contributed by atoms with Crippen LogP contribution >= 0.6 is 0 Å². The van der Waals surface area contributed by atoms with E-state index in [4.69, 9.17) is 10.5 Å². The van der Waals surface area contributed by atoms with Gasteiger partial charge in [-0.15, -0.1) is 0 Å². The van der Waals surface area contributed by atoms with Gasteiger partial charge in [-0.25, -0.2) is 4.79 Å². The number of nitrogens with two attached hydrogens (primary N) is 1. The molecular weight excluding hydrogens is 278 g/mol. The van der Waals surface area contributed by atoms with Crippen LogP contribution in [0.4, 0.5) is 16.2 Å². The molecule has 0 radical (unpaired) electrons. The van der Waals surface area contributed by atoms with Crippen LogP contribution < -0.4 is 21.1 Å². The van der Waals surface area contributed by atoms with Crippen LogP contribution in [0.1, 0.15) is 16.7 Å². The van der Waals surface area contributed by atoms with E-state index in [1.807, 2.05) is 45.0 Å². The Bertz CT molecular complexity index is 684. The van der Waals surface area contributed by atoms with Gasteiger partial charge in [0.05, 0.1) is 11.4 Å². The first-order chi connectivity index (χ1) is 10.5. The predicted molar refractivity (Wildman–Crippen MR) is 89.2 cm³/mol. The first kappa shape index (κ1) is 15.7. The number of nitrogens with one attached hydrogen (secondary N) is 2. The van der Waals surface area contributed by atoms with Crippen molar-refractivity contribution in [2.24, 2.45) is 0 Å². The molecular formula is C17H21N3O2. The lowest BCUT2D eigenvalue weighted by atomic mass is 10.1. The molecule has 0 unspecified atom stereocenters. The molecule has 2 rings (SSSR count). The van der Waals surface area contributed by atoms with E-state index in [1.165, 1.54) is 5.56 Å². The summed E-state index contributed by atoms with van der Waals surface area (Å²) in [6.45, 7) is 6.08. The maximum Gasteiger partial charge on any atom is 0.321 e. The number of ether oxygens (including phenoxy) is 1. The number of anilines is 2. The molecule has 22 heavy (non-hydrogen) atoms. The first-order valence-electron chi connectivity index (χ1n) is 7.07. The summed E-state index contributed by atoms with van der Waals surface area (Å²) in [6.07, 6.45) is 0. The van der Waals surface area contributed by atoms with Crippen LogP contribution in [0.5, 0.6) is 5.75 Å². The van der Waals surface area contributed by atoms with Crippen molar-refractivity contribution in [3.8, 4) is 5.75 Å². The summed E-state index contributed by atoms with van der Waals surface area (Å²) in [7, 11) is 0. The van der Waals surface area contributed by atoms with Crippen LogP contribution in [0.25, 0.3) is 0 Å². The summed E-state index contributed by atoms with van der Waals surface area (Å²) in [5.74, 6) is 0.721. The Balaban J connectivity index is 1.83. The number of hydrogen-bond acceptors (Lipinski definition) is 3. The van der Waals surface area contributed by atoms with Crippen molar-refractivity contribution in [3.63, 3.8) is 0 Å². The number of carbonyl (C=O) groups is 1. The molecule has 0 heterocycles. The molecule has 0 aliphatic heterocycles. The van der Waals surface area contributed by atoms with Crippen LogP contribution in [0, 0.1) is 20.8 Å². The third-order valence-corrected chi connectivity index (χ3v) is 3.41. The summed E-state index contributed by atoms with van der Waals surface area (Å²) in [6, 6.07) is 10.9. The second-order valence-electron chi connectivity index (χ2n) is 5.26. The Morgan fingerprint density at radius 2 is 1.86 bits per heavy atom. The van der Waals surface area contributed by atoms with E-state index < -0.39 is 0 Å². The lowest BCUT2D eigenvalue weighted by Crippen LogP contribution is -2.32. The number of rotatable bonds is 4. The van der Waals surface area contributed by atoms with Gasteiger partial charge in [-0.3, -0.25) is 0 Å². The minimum absolute atomic E-state index is 0.0834. The fraction of sp³-hybridized carbons (Fsp3) is 0.235. The molecule has 0 bridgehead atoms. The van der Waals surface area contributed by atoms with E-state index in [9.17, 15) is 4.79 Å². The quantitative estimate of drug-likeness (QED) is 0.598. The smallest absolute Gasteiger partial charge is 0.321 e. The Labute approximate surface area is 130 Å². The number of hydrogen-bond donors (Lipinski definition) is 3. The fourth-order valence-corrected chi connectivity index (χ4v) is 1.95. The van der Waals surface area contributed by atoms with Gasteiger partial charge >= 0.3 is 6.03 Å². The normalized spacial score (nSPS) is 10.1. The Morgan fingerprint density at radius 1 is 1.09 bits per heavy atom. The molecule has 5 heteroatoms. The van der Waals surface area contributed by atoms with Crippen LogP contribution in [0.2, 0.25) is 0 Å². The van der Waals surface area contributed by atoms with E-state index >= 15 is 0 Å². The lowest BCUT2D eigenvalue weighted by molar-refractivity contribution is 0.234. The SMILES string of the molecule is Cc1ccc(NC(=O)NCOc2ccc(C)c(C)c2)c(N)c1. The molecule has 0 atom stereocenters. The molecule has 2 amide bonds. The Hall–Kier alpha value is -2.69. The number of aryl methyl sites for hydroxylation is 3. The fourth-order valence-electron chi connectivity index (χ4n) is 1.95. The zero-order chi connectivity index (χ0) is 16.1. The van der Waals surface area contributed by atoms with E-state index in [1.54, 1.807) is 12.1 Å². The van der Waals surface area contributed by atoms with Gasteiger partial charge in [0.1, 0.15) is 5.75 Å². The van der Waals surface area contributed by atoms with E-state index in [0.29, 0.717) is 11.4 Å². The summed E-state index contributed by atoms with van der Waals surface area (Å²) in [5, 5.41) is 5.32. The highest BCUT2D eigenvalue weighted by atomic mass is 16.5. The third kappa shape index (κ3) is 4.15. The number of benzene rings is 2. The van der Waals surface area contributed by atoms with E-state index in [-0.39, 0.29) is 12.8 Å². The van der Waals surface area contributed by atoms with Crippen molar-refractivity contribution >= 4 is 17.4 Å². The molecule has 0 saturated carbocycles. The number of urea groups is 1. The van der Waals surface area contributed by atoms with Gasteiger partial charge < -0.3 is 21.1 Å². The first-order valence-corrected chi connectivity index (χ1v) is 7.07. The second kappa shape index (κ2) is 6.85. The molecule has 0 aromatic heterocycles. The minimum atomic E-state index is -0.362. The van der Waals surface area contributed by atoms with Gasteiger partial charge in [-0.2, -0.15) is 0 Å². The number of amides is 2. The van der Waals surface area contributed by atoms with Crippen molar-refractivity contribution < 1.29 is 9.53 Å². The molecule has 4 N–H and O–H groups in total. The second-order valence-corrected chi connectivity index (χ2v) is 5.26. The monoisotopic (exact) mass is 299 g/mol. The molecule has 0 saturated heterocycles. The van der Waals surface area contributed by atoms with Gasteiger partial charge in [0.15, 0.2) is 6.73 Å². The Kier molecular flexibility index (Phi) is 4.88. The average molecular weight is 299 g/mol. The highest BCUT2D eigenvalue weighted by molar-refractivity contribution is 5.92. The van der Waals surface area contributed by atoms with Crippen molar-refractivity contribution in [1.29, 1.82) is 0 Å². The lowest BCUT2D eigenvalue weighted by Gasteiger charge is -2.12. The van der Waals surface area contributed by atoms with Crippen LogP contribution in [0.15, 0.2) is 36.4 Å². The zero-order valence-corrected chi connectivity index (χ0v) is 13.1. The van der Waals surface area contributed by atoms with Gasteiger partial charge in [0, 0.05) is 0 Å². The molecule has 0 fully saturated rings. The summed E-state index contributed by atoms with van der Waals surface area (Å²) in [5.41, 5.74) is 10.3.